The van der Waals surface area contributed by atoms with Gasteiger partial charge in [0.25, 0.3) is 0 Å². The number of carbonyl (C=O) groups is 1. The van der Waals surface area contributed by atoms with Gasteiger partial charge in [0.05, 0.1) is 23.9 Å². The molecule has 2 heterocycles. The molecule has 0 aliphatic carbocycles. The van der Waals surface area contributed by atoms with E-state index in [9.17, 15) is 10.1 Å². The van der Waals surface area contributed by atoms with Gasteiger partial charge in [-0.05, 0) is 83.3 Å². The number of esters is 1. The molecule has 35 heavy (non-hydrogen) atoms. The molecular weight excluding hydrogens is 434 g/mol. The number of rotatable bonds is 3. The smallest absolute Gasteiger partial charge is 0.344 e. The lowest BCUT2D eigenvalue weighted by Crippen LogP contribution is -2.46. The Morgan fingerprint density at radius 1 is 0.857 bits per heavy atom. The zero-order chi connectivity index (χ0) is 23.9. The number of nitriles is 1. The zero-order valence-corrected chi connectivity index (χ0v) is 19.4. The lowest BCUT2D eigenvalue weighted by atomic mass is 9.92. The van der Waals surface area contributed by atoms with Crippen LogP contribution in [0, 0.1) is 18.3 Å². The second-order valence-electron chi connectivity index (χ2n) is 9.04. The van der Waals surface area contributed by atoms with E-state index < -0.39 is 0 Å². The third-order valence-electron chi connectivity index (χ3n) is 6.77. The van der Waals surface area contributed by atoms with Crippen LogP contribution in [-0.2, 0) is 13.1 Å². The molecule has 4 aromatic rings. The average molecular weight is 458 g/mol. The van der Waals surface area contributed by atoms with Crippen LogP contribution < -0.4 is 14.5 Å². The Hall–Kier alpha value is -4.56. The summed E-state index contributed by atoms with van der Waals surface area (Å²) in [5.41, 5.74) is 8.94. The van der Waals surface area contributed by atoms with E-state index in [4.69, 9.17) is 4.74 Å². The van der Waals surface area contributed by atoms with Crippen molar-refractivity contribution in [3.8, 4) is 22.9 Å². The molecule has 0 unspecified atom stereocenters. The molecule has 6 rings (SSSR count). The number of fused-ring (bicyclic) bond motifs is 6. The summed E-state index contributed by atoms with van der Waals surface area (Å²) in [6.45, 7) is 4.39. The zero-order valence-electron chi connectivity index (χ0n) is 19.4. The molecule has 2 aliphatic rings. The molecule has 170 valence electrons. The molecule has 5 heteroatoms. The number of hydrogen-bond acceptors (Lipinski definition) is 5. The van der Waals surface area contributed by atoms with Gasteiger partial charge in [-0.15, -0.1) is 0 Å². The molecule has 0 amide bonds. The SMILES string of the molecule is Cc1cccc(C(=O)Oc2ccccc2)c1-c1ccc2c(c1)CN1CN2Cc2cc(C#N)ccc21. The standard InChI is InChI=1S/C30H23N3O2/c1-20-6-5-9-26(30(34)35-25-7-3-2-4-8-25)29(20)22-11-13-28-24(15-22)18-33-19-32(28)17-23-14-21(16-31)10-12-27(23)33/h2-15H,17-19H2,1H3. The Morgan fingerprint density at radius 3 is 2.31 bits per heavy atom. The van der Waals surface area contributed by atoms with Gasteiger partial charge in [0.2, 0.25) is 0 Å². The summed E-state index contributed by atoms with van der Waals surface area (Å²) in [6, 6.07) is 29.5. The summed E-state index contributed by atoms with van der Waals surface area (Å²) in [7, 11) is 0. The number of nitrogens with zero attached hydrogens (tertiary/aromatic N) is 3. The Labute approximate surface area is 204 Å². The maximum absolute atomic E-state index is 13.1. The molecule has 2 aliphatic heterocycles. The van der Waals surface area contributed by atoms with E-state index in [0.717, 1.165) is 36.4 Å². The molecule has 0 saturated heterocycles. The lowest BCUT2D eigenvalue weighted by Gasteiger charge is -2.45. The Morgan fingerprint density at radius 2 is 1.57 bits per heavy atom. The van der Waals surface area contributed by atoms with Gasteiger partial charge < -0.3 is 14.5 Å². The van der Waals surface area contributed by atoms with E-state index in [1.165, 1.54) is 22.5 Å². The number of benzene rings is 4. The maximum atomic E-state index is 13.1. The summed E-state index contributed by atoms with van der Waals surface area (Å²) < 4.78 is 5.67. The quantitative estimate of drug-likeness (QED) is 0.277. The number of hydrogen-bond donors (Lipinski definition) is 0. The largest absolute Gasteiger partial charge is 0.423 e. The van der Waals surface area contributed by atoms with Gasteiger partial charge in [-0.25, -0.2) is 4.79 Å². The van der Waals surface area contributed by atoms with Gasteiger partial charge in [-0.3, -0.25) is 0 Å². The first-order valence-corrected chi connectivity index (χ1v) is 11.6. The van der Waals surface area contributed by atoms with Crippen LogP contribution in [0.2, 0.25) is 0 Å². The number of carbonyl (C=O) groups excluding carboxylic acids is 1. The van der Waals surface area contributed by atoms with Gasteiger partial charge in [-0.2, -0.15) is 5.26 Å². The van der Waals surface area contributed by atoms with Crippen LogP contribution >= 0.6 is 0 Å². The van der Waals surface area contributed by atoms with E-state index in [1.54, 1.807) is 12.1 Å². The van der Waals surface area contributed by atoms with Crippen LogP contribution in [0.1, 0.15) is 32.6 Å². The first kappa shape index (κ1) is 21.0. The summed E-state index contributed by atoms with van der Waals surface area (Å²) in [4.78, 5) is 17.8. The van der Waals surface area contributed by atoms with Crippen LogP contribution in [-0.4, -0.2) is 12.6 Å². The number of anilines is 2. The van der Waals surface area contributed by atoms with Gasteiger partial charge in [0.15, 0.2) is 0 Å². The average Bonchev–Trinajstić information content (AvgIpc) is 2.88. The summed E-state index contributed by atoms with van der Waals surface area (Å²) in [5.74, 6) is 0.168. The number of para-hydroxylation sites is 1. The monoisotopic (exact) mass is 457 g/mol. The molecule has 0 N–H and O–H groups in total. The molecular formula is C30H23N3O2. The van der Waals surface area contributed by atoms with Crippen molar-refractivity contribution in [2.24, 2.45) is 0 Å². The maximum Gasteiger partial charge on any atom is 0.344 e. The first-order chi connectivity index (χ1) is 17.1. The first-order valence-electron chi connectivity index (χ1n) is 11.6. The van der Waals surface area contributed by atoms with E-state index in [2.05, 4.69) is 40.1 Å². The predicted octanol–water partition coefficient (Wildman–Crippen LogP) is 6.05. The highest BCUT2D eigenvalue weighted by Crippen LogP contribution is 2.40. The molecule has 0 spiro atoms. The fraction of sp³-hybridized carbons (Fsp3) is 0.133. The van der Waals surface area contributed by atoms with Crippen molar-refractivity contribution in [3.05, 3.63) is 113 Å². The summed E-state index contributed by atoms with van der Waals surface area (Å²) in [6.07, 6.45) is 0. The molecule has 0 radical (unpaired) electrons. The molecule has 0 aromatic heterocycles. The van der Waals surface area contributed by atoms with Gasteiger partial charge >= 0.3 is 5.97 Å². The van der Waals surface area contributed by atoms with Crippen LogP contribution in [0.15, 0.2) is 84.9 Å². The van der Waals surface area contributed by atoms with Gasteiger partial charge in [0.1, 0.15) is 5.75 Å². The van der Waals surface area contributed by atoms with Crippen molar-refractivity contribution in [3.63, 3.8) is 0 Å². The van der Waals surface area contributed by atoms with Crippen molar-refractivity contribution in [2.45, 2.75) is 20.0 Å². The topological polar surface area (TPSA) is 56.6 Å². The van der Waals surface area contributed by atoms with E-state index >= 15 is 0 Å². The molecule has 0 atom stereocenters. The van der Waals surface area contributed by atoms with E-state index in [1.807, 2.05) is 55.5 Å². The lowest BCUT2D eigenvalue weighted by molar-refractivity contribution is 0.0735. The van der Waals surface area contributed by atoms with Crippen molar-refractivity contribution in [1.29, 1.82) is 5.26 Å². The predicted molar refractivity (Wildman–Crippen MR) is 136 cm³/mol. The highest BCUT2D eigenvalue weighted by molar-refractivity contribution is 5.99. The Balaban J connectivity index is 1.37. The third kappa shape index (κ3) is 3.70. The Bertz CT molecular complexity index is 1500. The van der Waals surface area contributed by atoms with Crippen LogP contribution in [0.3, 0.4) is 0 Å². The van der Waals surface area contributed by atoms with Gasteiger partial charge in [-0.1, -0.05) is 36.4 Å². The van der Waals surface area contributed by atoms with E-state index in [-0.39, 0.29) is 5.97 Å². The van der Waals surface area contributed by atoms with Crippen LogP contribution in [0.25, 0.3) is 11.1 Å². The molecule has 2 bridgehead atoms. The minimum atomic E-state index is -0.362. The number of aryl methyl sites for hydroxylation is 1. The van der Waals surface area contributed by atoms with Crippen molar-refractivity contribution >= 4 is 17.3 Å². The number of ether oxygens (including phenoxy) is 1. The normalized spacial score (nSPS) is 13.5. The summed E-state index contributed by atoms with van der Waals surface area (Å²) in [5, 5.41) is 9.30. The van der Waals surface area contributed by atoms with Crippen molar-refractivity contribution in [2.75, 3.05) is 16.5 Å². The fourth-order valence-corrected chi connectivity index (χ4v) is 5.18. The minimum absolute atomic E-state index is 0.362. The Kier molecular flexibility index (Phi) is 5.00. The van der Waals surface area contributed by atoms with Crippen LogP contribution in [0.5, 0.6) is 5.75 Å². The van der Waals surface area contributed by atoms with Crippen LogP contribution in [0.4, 0.5) is 11.4 Å². The molecule has 5 nitrogen and oxygen atoms in total. The van der Waals surface area contributed by atoms with Gasteiger partial charge in [0, 0.05) is 24.5 Å². The summed E-state index contributed by atoms with van der Waals surface area (Å²) >= 11 is 0. The highest BCUT2D eigenvalue weighted by Gasteiger charge is 2.30. The van der Waals surface area contributed by atoms with E-state index in [0.29, 0.717) is 16.9 Å². The third-order valence-corrected chi connectivity index (χ3v) is 6.77. The second kappa shape index (κ2) is 8.34. The van der Waals surface area contributed by atoms with Crippen molar-refractivity contribution in [1.82, 2.24) is 0 Å². The fourth-order valence-electron chi connectivity index (χ4n) is 5.18. The minimum Gasteiger partial charge on any atom is -0.423 e. The highest BCUT2D eigenvalue weighted by atomic mass is 16.5. The van der Waals surface area contributed by atoms with Crippen molar-refractivity contribution < 1.29 is 9.53 Å². The molecule has 0 fully saturated rings. The second-order valence-corrected chi connectivity index (χ2v) is 9.04. The molecule has 0 saturated carbocycles. The molecule has 4 aromatic carbocycles.